The first-order valence-electron chi connectivity index (χ1n) is 10.9. The van der Waals surface area contributed by atoms with Crippen LogP contribution < -0.4 is 10.3 Å². The monoisotopic (exact) mass is 494 g/mol. The molecule has 0 aliphatic rings. The maximum Gasteiger partial charge on any atom is 0.277 e. The van der Waals surface area contributed by atoms with Crippen molar-refractivity contribution in [3.05, 3.63) is 84.9 Å². The summed E-state index contributed by atoms with van der Waals surface area (Å²) in [5, 5.41) is 2.08. The summed E-state index contributed by atoms with van der Waals surface area (Å²) in [6, 6.07) is 7.48. The Morgan fingerprint density at radius 1 is 1.12 bits per heavy atom. The van der Waals surface area contributed by atoms with Gasteiger partial charge >= 0.3 is 0 Å². The summed E-state index contributed by atoms with van der Waals surface area (Å²) in [4.78, 5) is 28.2. The average molecular weight is 495 g/mol. The number of hydrogen-bond acceptors (Lipinski definition) is 6. The lowest BCUT2D eigenvalue weighted by Gasteiger charge is -2.18. The number of ether oxygens (including phenoxy) is 1. The lowest BCUT2D eigenvalue weighted by molar-refractivity contribution is 0.305. The van der Waals surface area contributed by atoms with E-state index in [2.05, 4.69) is 36.8 Å². The van der Waals surface area contributed by atoms with Crippen LogP contribution in [0.5, 0.6) is 5.75 Å². The van der Waals surface area contributed by atoms with Crippen LogP contribution in [0.2, 0.25) is 5.02 Å². The molecule has 4 aromatic rings. The highest BCUT2D eigenvalue weighted by atomic mass is 35.5. The minimum Gasteiger partial charge on any atom is -0.487 e. The first kappa shape index (κ1) is 24.1. The zero-order valence-electron chi connectivity index (χ0n) is 20.1. The van der Waals surface area contributed by atoms with E-state index in [-0.39, 0.29) is 16.0 Å². The number of thiophene rings is 1. The van der Waals surface area contributed by atoms with Gasteiger partial charge in [-0.3, -0.25) is 14.3 Å². The molecule has 0 spiro atoms. The molecule has 4 rings (SSSR count). The molecule has 0 aliphatic heterocycles. The number of aryl methyl sites for hydroxylation is 3. The maximum atomic E-state index is 13.2. The molecular formula is C26H27ClN4O2S. The lowest BCUT2D eigenvalue weighted by Crippen LogP contribution is -2.22. The predicted octanol–water partition coefficient (Wildman–Crippen LogP) is 6.21. The van der Waals surface area contributed by atoms with Crippen LogP contribution in [0.1, 0.15) is 48.3 Å². The molecular weight excluding hydrogens is 468 g/mol. The molecule has 4 aromatic heterocycles. The lowest BCUT2D eigenvalue weighted by atomic mass is 9.95. The zero-order chi connectivity index (χ0) is 24.6. The van der Waals surface area contributed by atoms with E-state index in [1.165, 1.54) is 4.88 Å². The van der Waals surface area contributed by atoms with Gasteiger partial charge in [0, 0.05) is 40.0 Å². The van der Waals surface area contributed by atoms with Crippen molar-refractivity contribution in [2.24, 2.45) is 0 Å². The molecule has 0 aromatic carbocycles. The number of nitrogens with zero attached hydrogens (tertiary/aromatic N) is 4. The second kappa shape index (κ2) is 9.31. The Morgan fingerprint density at radius 2 is 1.88 bits per heavy atom. The van der Waals surface area contributed by atoms with Gasteiger partial charge in [-0.15, -0.1) is 11.3 Å². The van der Waals surface area contributed by atoms with Gasteiger partial charge in [0.1, 0.15) is 23.2 Å². The third kappa shape index (κ3) is 4.91. The number of halogens is 1. The van der Waals surface area contributed by atoms with Crippen molar-refractivity contribution in [2.75, 3.05) is 0 Å². The summed E-state index contributed by atoms with van der Waals surface area (Å²) in [6.45, 7) is 12.4. The molecule has 8 heteroatoms. The number of rotatable bonds is 5. The van der Waals surface area contributed by atoms with E-state index in [0.29, 0.717) is 29.4 Å². The van der Waals surface area contributed by atoms with Crippen molar-refractivity contribution >= 4 is 22.9 Å². The van der Waals surface area contributed by atoms with Crippen molar-refractivity contribution < 1.29 is 4.74 Å². The maximum absolute atomic E-state index is 13.2. The van der Waals surface area contributed by atoms with E-state index in [1.54, 1.807) is 34.2 Å². The summed E-state index contributed by atoms with van der Waals surface area (Å²) in [5.41, 5.74) is 4.19. The second-order valence-corrected chi connectivity index (χ2v) is 10.8. The molecule has 0 fully saturated rings. The predicted molar refractivity (Wildman–Crippen MR) is 137 cm³/mol. The van der Waals surface area contributed by atoms with Gasteiger partial charge in [-0.05, 0) is 49.9 Å². The van der Waals surface area contributed by atoms with E-state index in [9.17, 15) is 4.79 Å². The normalized spacial score (nSPS) is 11.6. The summed E-state index contributed by atoms with van der Waals surface area (Å²) >= 11 is 8.11. The smallest absolute Gasteiger partial charge is 0.277 e. The Bertz CT molecular complexity index is 1420. The number of pyridine rings is 2. The molecule has 4 heterocycles. The minimum absolute atomic E-state index is 0.0455. The van der Waals surface area contributed by atoms with Gasteiger partial charge in [-0.25, -0.2) is 9.97 Å². The van der Waals surface area contributed by atoms with Gasteiger partial charge in [0.2, 0.25) is 0 Å². The summed E-state index contributed by atoms with van der Waals surface area (Å²) in [5.74, 6) is 1.11. The second-order valence-electron chi connectivity index (χ2n) is 9.33. The van der Waals surface area contributed by atoms with Crippen LogP contribution in [0.4, 0.5) is 0 Å². The molecule has 0 amide bonds. The van der Waals surface area contributed by atoms with Gasteiger partial charge < -0.3 is 4.74 Å². The van der Waals surface area contributed by atoms with E-state index in [1.807, 2.05) is 38.4 Å². The highest BCUT2D eigenvalue weighted by molar-refractivity contribution is 7.10. The summed E-state index contributed by atoms with van der Waals surface area (Å²) in [6.07, 6.45) is 3.48. The van der Waals surface area contributed by atoms with E-state index in [0.717, 1.165) is 22.6 Å². The molecule has 0 aliphatic carbocycles. The van der Waals surface area contributed by atoms with Crippen LogP contribution in [-0.2, 0) is 12.0 Å². The summed E-state index contributed by atoms with van der Waals surface area (Å²) < 4.78 is 7.44. The van der Waals surface area contributed by atoms with Crippen molar-refractivity contribution in [1.82, 2.24) is 19.5 Å². The fourth-order valence-corrected chi connectivity index (χ4v) is 4.48. The van der Waals surface area contributed by atoms with E-state index < -0.39 is 0 Å². The quantitative estimate of drug-likeness (QED) is 0.330. The number of hydrogen-bond donors (Lipinski definition) is 0. The minimum atomic E-state index is -0.342. The molecule has 176 valence electrons. The third-order valence-corrected chi connectivity index (χ3v) is 6.62. The molecule has 0 bridgehead atoms. The Hall–Kier alpha value is -3.03. The summed E-state index contributed by atoms with van der Waals surface area (Å²) in [7, 11) is 0. The van der Waals surface area contributed by atoms with Gasteiger partial charge in [-0.2, -0.15) is 0 Å². The topological polar surface area (TPSA) is 69.9 Å². The van der Waals surface area contributed by atoms with E-state index >= 15 is 0 Å². The standard InChI is InChI=1S/C26H27ClN4O2S/c1-15-12-29-25(26(4,5)6)30-23(15)20-11-19(7-8-28-20)31-16(2)9-21(22(27)24(31)32)33-13-18-10-17(3)34-14-18/h7-12,14H,13H2,1-6H3. The SMILES string of the molecule is Cc1cc(COc2cc(C)n(-c3ccnc(-c4nc(C(C)(C)C)ncc4C)c3)c(=O)c2Cl)cs1. The average Bonchev–Trinajstić information content (AvgIpc) is 3.20. The van der Waals surface area contributed by atoms with E-state index in [4.69, 9.17) is 21.3 Å². The Balaban J connectivity index is 1.72. The van der Waals surface area contributed by atoms with Crippen LogP contribution in [0, 0.1) is 20.8 Å². The Labute approximate surface area is 208 Å². The highest BCUT2D eigenvalue weighted by Gasteiger charge is 2.20. The van der Waals surface area contributed by atoms with Gasteiger partial charge in [0.15, 0.2) is 0 Å². The Kier molecular flexibility index (Phi) is 6.60. The van der Waals surface area contributed by atoms with Crippen molar-refractivity contribution in [3.63, 3.8) is 0 Å². The first-order chi connectivity index (χ1) is 16.0. The molecule has 0 atom stereocenters. The molecule has 34 heavy (non-hydrogen) atoms. The molecule has 0 saturated heterocycles. The van der Waals surface area contributed by atoms with Gasteiger partial charge in [0.05, 0.1) is 17.1 Å². The third-order valence-electron chi connectivity index (χ3n) is 5.37. The molecule has 0 N–H and O–H groups in total. The van der Waals surface area contributed by atoms with Crippen LogP contribution in [0.25, 0.3) is 17.1 Å². The van der Waals surface area contributed by atoms with Gasteiger partial charge in [0.25, 0.3) is 5.56 Å². The van der Waals surface area contributed by atoms with Crippen molar-refractivity contribution in [1.29, 1.82) is 0 Å². The number of aromatic nitrogens is 4. The zero-order valence-corrected chi connectivity index (χ0v) is 21.7. The highest BCUT2D eigenvalue weighted by Crippen LogP contribution is 2.28. The Morgan fingerprint density at radius 3 is 2.56 bits per heavy atom. The molecule has 0 saturated carbocycles. The van der Waals surface area contributed by atoms with Crippen LogP contribution in [-0.4, -0.2) is 19.5 Å². The van der Waals surface area contributed by atoms with Crippen LogP contribution >= 0.6 is 22.9 Å². The molecule has 6 nitrogen and oxygen atoms in total. The van der Waals surface area contributed by atoms with Crippen LogP contribution in [0.3, 0.4) is 0 Å². The van der Waals surface area contributed by atoms with Crippen LogP contribution in [0.15, 0.2) is 46.8 Å². The largest absolute Gasteiger partial charge is 0.487 e. The van der Waals surface area contributed by atoms with Gasteiger partial charge in [-0.1, -0.05) is 32.4 Å². The van der Waals surface area contributed by atoms with Crippen molar-refractivity contribution in [3.8, 4) is 22.8 Å². The van der Waals surface area contributed by atoms with Crippen molar-refractivity contribution in [2.45, 2.75) is 53.6 Å². The molecule has 0 unspecified atom stereocenters. The fraction of sp³-hybridized carbons (Fsp3) is 0.308. The first-order valence-corrected chi connectivity index (χ1v) is 12.2. The molecule has 0 radical (unpaired) electrons. The fourth-order valence-electron chi connectivity index (χ4n) is 3.59.